The van der Waals surface area contributed by atoms with E-state index in [1.807, 2.05) is 6.20 Å². The molecule has 1 aliphatic rings. The summed E-state index contributed by atoms with van der Waals surface area (Å²) in [4.78, 5) is 7.07. The van der Waals surface area contributed by atoms with Crippen molar-refractivity contribution in [3.63, 3.8) is 0 Å². The van der Waals surface area contributed by atoms with Crippen molar-refractivity contribution in [2.24, 2.45) is 0 Å². The summed E-state index contributed by atoms with van der Waals surface area (Å²) in [6.07, 6.45) is 5.67. The number of nitrogens with one attached hydrogen (secondary N) is 1. The first-order chi connectivity index (χ1) is 9.90. The SMILES string of the molecule is CCCN(c1ccnc2ccccc12)C1CCCNC1. The number of hydrogen-bond acceptors (Lipinski definition) is 3. The number of benzene rings is 1. The van der Waals surface area contributed by atoms with Crippen LogP contribution in [0.3, 0.4) is 0 Å². The molecule has 1 saturated heterocycles. The Kier molecular flexibility index (Phi) is 4.16. The van der Waals surface area contributed by atoms with Gasteiger partial charge in [-0.05, 0) is 37.9 Å². The highest BCUT2D eigenvalue weighted by Crippen LogP contribution is 2.28. The molecule has 0 spiro atoms. The number of para-hydroxylation sites is 1. The Morgan fingerprint density at radius 3 is 3.00 bits per heavy atom. The summed E-state index contributed by atoms with van der Waals surface area (Å²) >= 11 is 0. The first kappa shape index (κ1) is 13.4. The van der Waals surface area contributed by atoms with Crippen molar-refractivity contribution in [1.29, 1.82) is 0 Å². The number of hydrogen-bond donors (Lipinski definition) is 1. The molecule has 3 rings (SSSR count). The van der Waals surface area contributed by atoms with Crippen LogP contribution < -0.4 is 10.2 Å². The zero-order valence-corrected chi connectivity index (χ0v) is 12.2. The van der Waals surface area contributed by atoms with Crippen LogP contribution in [0.4, 0.5) is 5.69 Å². The molecule has 1 fully saturated rings. The summed E-state index contributed by atoms with van der Waals surface area (Å²) in [6.45, 7) is 5.62. The molecule has 1 atom stereocenters. The number of rotatable bonds is 4. The van der Waals surface area contributed by atoms with Crippen molar-refractivity contribution in [2.75, 3.05) is 24.5 Å². The number of pyridine rings is 1. The molecule has 0 saturated carbocycles. The van der Waals surface area contributed by atoms with Crippen LogP contribution in [0.25, 0.3) is 10.9 Å². The molecule has 1 N–H and O–H groups in total. The highest BCUT2D eigenvalue weighted by atomic mass is 15.2. The third-order valence-electron chi connectivity index (χ3n) is 4.11. The molecule has 1 unspecified atom stereocenters. The number of anilines is 1. The zero-order valence-electron chi connectivity index (χ0n) is 12.2. The Balaban J connectivity index is 2.00. The third kappa shape index (κ3) is 2.63. The molecule has 106 valence electrons. The lowest BCUT2D eigenvalue weighted by atomic mass is 10.0. The van der Waals surface area contributed by atoms with E-state index in [4.69, 9.17) is 0 Å². The standard InChI is InChI=1S/C17H23N3/c1-2-12-20(14-6-5-10-18-13-14)17-9-11-19-16-8-4-3-7-15(16)17/h3-4,7-9,11,14,18H,2,5-6,10,12-13H2,1H3. The Bertz CT molecular complexity index is 556. The number of nitrogens with zero attached hydrogens (tertiary/aromatic N) is 2. The number of fused-ring (bicyclic) bond motifs is 1. The lowest BCUT2D eigenvalue weighted by molar-refractivity contribution is 0.431. The van der Waals surface area contributed by atoms with E-state index in [2.05, 4.69) is 52.5 Å². The predicted molar refractivity (Wildman–Crippen MR) is 85.3 cm³/mol. The molecule has 0 bridgehead atoms. The lowest BCUT2D eigenvalue weighted by Crippen LogP contribution is -2.46. The van der Waals surface area contributed by atoms with E-state index >= 15 is 0 Å². The van der Waals surface area contributed by atoms with E-state index in [1.165, 1.54) is 30.3 Å². The first-order valence-electron chi connectivity index (χ1n) is 7.71. The van der Waals surface area contributed by atoms with Crippen LogP contribution >= 0.6 is 0 Å². The van der Waals surface area contributed by atoms with Gasteiger partial charge in [-0.2, -0.15) is 0 Å². The Hall–Kier alpha value is -1.61. The minimum Gasteiger partial charge on any atom is -0.367 e. The molecule has 1 aromatic carbocycles. The Labute approximate surface area is 121 Å². The molecule has 20 heavy (non-hydrogen) atoms. The maximum Gasteiger partial charge on any atom is 0.0722 e. The van der Waals surface area contributed by atoms with Gasteiger partial charge in [0, 0.05) is 36.4 Å². The van der Waals surface area contributed by atoms with Crippen LogP contribution in [0.2, 0.25) is 0 Å². The second kappa shape index (κ2) is 6.23. The smallest absolute Gasteiger partial charge is 0.0722 e. The molecule has 0 amide bonds. The fraction of sp³-hybridized carbons (Fsp3) is 0.471. The van der Waals surface area contributed by atoms with Gasteiger partial charge in [-0.25, -0.2) is 0 Å². The van der Waals surface area contributed by atoms with Gasteiger partial charge in [0.2, 0.25) is 0 Å². The normalized spacial score (nSPS) is 19.1. The van der Waals surface area contributed by atoms with Crippen LogP contribution in [-0.4, -0.2) is 30.7 Å². The Morgan fingerprint density at radius 1 is 1.30 bits per heavy atom. The molecule has 1 aromatic heterocycles. The van der Waals surface area contributed by atoms with E-state index in [1.54, 1.807) is 0 Å². The van der Waals surface area contributed by atoms with Crippen LogP contribution in [0.15, 0.2) is 36.5 Å². The van der Waals surface area contributed by atoms with Gasteiger partial charge in [-0.15, -0.1) is 0 Å². The average molecular weight is 269 g/mol. The van der Waals surface area contributed by atoms with Crippen molar-refractivity contribution < 1.29 is 0 Å². The monoisotopic (exact) mass is 269 g/mol. The summed E-state index contributed by atoms with van der Waals surface area (Å²) in [6, 6.07) is 11.2. The summed E-state index contributed by atoms with van der Waals surface area (Å²) in [5.74, 6) is 0. The van der Waals surface area contributed by atoms with E-state index in [0.29, 0.717) is 6.04 Å². The average Bonchev–Trinajstić information content (AvgIpc) is 2.53. The van der Waals surface area contributed by atoms with Crippen molar-refractivity contribution in [1.82, 2.24) is 10.3 Å². The third-order valence-corrected chi connectivity index (χ3v) is 4.11. The van der Waals surface area contributed by atoms with Crippen LogP contribution in [0.1, 0.15) is 26.2 Å². The van der Waals surface area contributed by atoms with Gasteiger partial charge >= 0.3 is 0 Å². The quantitative estimate of drug-likeness (QED) is 0.924. The van der Waals surface area contributed by atoms with Crippen molar-refractivity contribution in [2.45, 2.75) is 32.2 Å². The second-order valence-corrected chi connectivity index (χ2v) is 5.54. The summed E-state index contributed by atoms with van der Waals surface area (Å²) in [7, 11) is 0. The maximum atomic E-state index is 4.49. The fourth-order valence-electron chi connectivity index (χ4n) is 3.17. The molecule has 3 heteroatoms. The maximum absolute atomic E-state index is 4.49. The molecular formula is C17H23N3. The lowest BCUT2D eigenvalue weighted by Gasteiger charge is -2.37. The van der Waals surface area contributed by atoms with Gasteiger partial charge in [-0.1, -0.05) is 25.1 Å². The largest absolute Gasteiger partial charge is 0.367 e. The fourth-order valence-corrected chi connectivity index (χ4v) is 3.17. The van der Waals surface area contributed by atoms with Crippen molar-refractivity contribution >= 4 is 16.6 Å². The molecular weight excluding hydrogens is 246 g/mol. The van der Waals surface area contributed by atoms with Crippen LogP contribution in [-0.2, 0) is 0 Å². The number of aromatic nitrogens is 1. The molecule has 0 aliphatic carbocycles. The predicted octanol–water partition coefficient (Wildman–Crippen LogP) is 3.20. The van der Waals surface area contributed by atoms with Gasteiger partial charge in [0.1, 0.15) is 0 Å². The molecule has 1 aliphatic heterocycles. The van der Waals surface area contributed by atoms with E-state index in [-0.39, 0.29) is 0 Å². The van der Waals surface area contributed by atoms with Crippen LogP contribution in [0.5, 0.6) is 0 Å². The number of piperidine rings is 1. The second-order valence-electron chi connectivity index (χ2n) is 5.54. The summed E-state index contributed by atoms with van der Waals surface area (Å²) in [5, 5.41) is 4.81. The van der Waals surface area contributed by atoms with Crippen molar-refractivity contribution in [3.05, 3.63) is 36.5 Å². The Morgan fingerprint density at radius 2 is 2.20 bits per heavy atom. The summed E-state index contributed by atoms with van der Waals surface area (Å²) in [5.41, 5.74) is 2.43. The van der Waals surface area contributed by atoms with Gasteiger partial charge in [0.15, 0.2) is 0 Å². The zero-order chi connectivity index (χ0) is 13.8. The minimum absolute atomic E-state index is 0.606. The van der Waals surface area contributed by atoms with Crippen molar-refractivity contribution in [3.8, 4) is 0 Å². The van der Waals surface area contributed by atoms with Gasteiger partial charge < -0.3 is 10.2 Å². The van der Waals surface area contributed by atoms with Gasteiger partial charge in [0.25, 0.3) is 0 Å². The molecule has 2 aromatic rings. The highest BCUT2D eigenvalue weighted by Gasteiger charge is 2.21. The topological polar surface area (TPSA) is 28.2 Å². The van der Waals surface area contributed by atoms with Gasteiger partial charge in [-0.3, -0.25) is 4.98 Å². The first-order valence-corrected chi connectivity index (χ1v) is 7.71. The van der Waals surface area contributed by atoms with Crippen LogP contribution in [0, 0.1) is 0 Å². The summed E-state index contributed by atoms with van der Waals surface area (Å²) < 4.78 is 0. The molecule has 2 heterocycles. The minimum atomic E-state index is 0.606. The molecule has 0 radical (unpaired) electrons. The highest BCUT2D eigenvalue weighted by molar-refractivity contribution is 5.91. The van der Waals surface area contributed by atoms with E-state index in [9.17, 15) is 0 Å². The van der Waals surface area contributed by atoms with Gasteiger partial charge in [0.05, 0.1) is 5.52 Å². The van der Waals surface area contributed by atoms with E-state index in [0.717, 1.165) is 25.2 Å². The molecule has 3 nitrogen and oxygen atoms in total. The van der Waals surface area contributed by atoms with E-state index < -0.39 is 0 Å².